The van der Waals surface area contributed by atoms with Gasteiger partial charge in [-0.2, -0.15) is 0 Å². The van der Waals surface area contributed by atoms with Crippen LogP contribution in [0, 0.1) is 11.8 Å². The average molecular weight is 156 g/mol. The monoisotopic (exact) mass is 156 g/mol. The minimum atomic E-state index is -0.381. The van der Waals surface area contributed by atoms with Crippen molar-refractivity contribution in [3.05, 3.63) is 11.6 Å². The van der Waals surface area contributed by atoms with Crippen molar-refractivity contribution in [2.75, 3.05) is 0 Å². The lowest BCUT2D eigenvalue weighted by atomic mass is 9.78. The molecular formula is C9H16O2. The van der Waals surface area contributed by atoms with Gasteiger partial charge < -0.3 is 10.2 Å². The highest BCUT2D eigenvalue weighted by atomic mass is 16.3. The van der Waals surface area contributed by atoms with E-state index in [1.165, 1.54) is 0 Å². The third-order valence-electron chi connectivity index (χ3n) is 2.77. The molecule has 2 N–H and O–H groups in total. The van der Waals surface area contributed by atoms with Gasteiger partial charge in [-0.25, -0.2) is 0 Å². The first-order valence-corrected chi connectivity index (χ1v) is 4.08. The van der Waals surface area contributed by atoms with Crippen LogP contribution in [-0.4, -0.2) is 22.4 Å². The molecule has 64 valence electrons. The zero-order valence-corrected chi connectivity index (χ0v) is 7.28. The third kappa shape index (κ3) is 1.47. The molecule has 0 aromatic rings. The second kappa shape index (κ2) is 2.95. The molecular weight excluding hydrogens is 140 g/mol. The normalized spacial score (nSPS) is 45.4. The van der Waals surface area contributed by atoms with Crippen molar-refractivity contribution < 1.29 is 10.2 Å². The van der Waals surface area contributed by atoms with Crippen LogP contribution in [0.25, 0.3) is 0 Å². The number of rotatable bonds is 0. The van der Waals surface area contributed by atoms with Crippen LogP contribution in [0.3, 0.4) is 0 Å². The van der Waals surface area contributed by atoms with E-state index < -0.39 is 0 Å². The predicted molar refractivity (Wildman–Crippen MR) is 44.1 cm³/mol. The van der Waals surface area contributed by atoms with Crippen molar-refractivity contribution in [2.24, 2.45) is 11.8 Å². The lowest BCUT2D eigenvalue weighted by Crippen LogP contribution is -2.36. The maximum Gasteiger partial charge on any atom is 0.0777 e. The van der Waals surface area contributed by atoms with Crippen molar-refractivity contribution in [1.29, 1.82) is 0 Å². The van der Waals surface area contributed by atoms with Crippen LogP contribution >= 0.6 is 0 Å². The van der Waals surface area contributed by atoms with Crippen molar-refractivity contribution in [2.45, 2.75) is 33.0 Å². The molecule has 0 heterocycles. The summed E-state index contributed by atoms with van der Waals surface area (Å²) in [7, 11) is 0. The molecule has 0 spiro atoms. The highest BCUT2D eigenvalue weighted by Crippen LogP contribution is 2.29. The van der Waals surface area contributed by atoms with E-state index in [0.717, 1.165) is 5.57 Å². The van der Waals surface area contributed by atoms with Gasteiger partial charge in [-0.3, -0.25) is 0 Å². The Balaban J connectivity index is 2.83. The summed E-state index contributed by atoms with van der Waals surface area (Å²) in [5.74, 6) is 0.323. The van der Waals surface area contributed by atoms with Crippen molar-refractivity contribution in [1.82, 2.24) is 0 Å². The van der Waals surface area contributed by atoms with Crippen LogP contribution in [0.2, 0.25) is 0 Å². The number of aliphatic hydroxyl groups excluding tert-OH is 2. The van der Waals surface area contributed by atoms with E-state index in [2.05, 4.69) is 0 Å². The third-order valence-corrected chi connectivity index (χ3v) is 2.77. The van der Waals surface area contributed by atoms with Gasteiger partial charge in [0.15, 0.2) is 0 Å². The van der Waals surface area contributed by atoms with E-state index in [0.29, 0.717) is 0 Å². The van der Waals surface area contributed by atoms with E-state index in [-0.39, 0.29) is 24.0 Å². The number of hydrogen-bond acceptors (Lipinski definition) is 2. The summed E-state index contributed by atoms with van der Waals surface area (Å²) in [6.07, 6.45) is 0.997. The Morgan fingerprint density at radius 2 is 1.73 bits per heavy atom. The lowest BCUT2D eigenvalue weighted by molar-refractivity contribution is 0.0433. The maximum atomic E-state index is 9.56. The summed E-state index contributed by atoms with van der Waals surface area (Å²) in [6, 6.07) is 0. The Morgan fingerprint density at radius 3 is 2.27 bits per heavy atom. The molecule has 0 aromatic heterocycles. The minimum absolute atomic E-state index is 0.161. The first-order valence-electron chi connectivity index (χ1n) is 4.08. The fraction of sp³-hybridized carbons (Fsp3) is 0.778. The molecule has 0 amide bonds. The van der Waals surface area contributed by atoms with Crippen LogP contribution in [0.4, 0.5) is 0 Å². The average Bonchev–Trinajstić information content (AvgIpc) is 1.97. The Labute approximate surface area is 67.6 Å². The summed E-state index contributed by atoms with van der Waals surface area (Å²) >= 11 is 0. The van der Waals surface area contributed by atoms with Crippen LogP contribution in [0.1, 0.15) is 20.8 Å². The van der Waals surface area contributed by atoms with Crippen molar-refractivity contribution in [3.63, 3.8) is 0 Å². The van der Waals surface area contributed by atoms with Gasteiger partial charge in [-0.05, 0) is 24.3 Å². The molecule has 1 rings (SSSR count). The van der Waals surface area contributed by atoms with Gasteiger partial charge in [0.2, 0.25) is 0 Å². The molecule has 11 heavy (non-hydrogen) atoms. The number of aliphatic hydroxyl groups is 2. The molecule has 0 bridgehead atoms. The quantitative estimate of drug-likeness (QED) is 0.512. The lowest BCUT2D eigenvalue weighted by Gasteiger charge is -2.33. The van der Waals surface area contributed by atoms with Gasteiger partial charge in [-0.15, -0.1) is 0 Å². The van der Waals surface area contributed by atoms with Crippen LogP contribution in [0.15, 0.2) is 11.6 Å². The largest absolute Gasteiger partial charge is 0.389 e. The molecule has 0 aromatic carbocycles. The van der Waals surface area contributed by atoms with Crippen LogP contribution in [0.5, 0.6) is 0 Å². The summed E-state index contributed by atoms with van der Waals surface area (Å²) in [5.41, 5.74) is 0.892. The van der Waals surface area contributed by atoms with Gasteiger partial charge in [0.25, 0.3) is 0 Å². The van der Waals surface area contributed by atoms with Gasteiger partial charge in [-0.1, -0.05) is 19.9 Å². The fourth-order valence-corrected chi connectivity index (χ4v) is 1.53. The summed E-state index contributed by atoms with van der Waals surface area (Å²) in [5, 5.41) is 19.0. The van der Waals surface area contributed by atoms with Crippen molar-refractivity contribution in [3.8, 4) is 0 Å². The molecule has 0 saturated carbocycles. The molecule has 2 heteroatoms. The number of hydrogen-bond donors (Lipinski definition) is 2. The first-order chi connectivity index (χ1) is 5.04. The van der Waals surface area contributed by atoms with E-state index in [1.54, 1.807) is 6.08 Å². The standard InChI is InChI=1S/C9H16O2/c1-5-4-8(10)6(2)7(3)9(5)11/h4,6-11H,1-3H3/t6-,7?,8+,9-/m1/s1. The van der Waals surface area contributed by atoms with Crippen LogP contribution < -0.4 is 0 Å². The van der Waals surface area contributed by atoms with Gasteiger partial charge in [0.1, 0.15) is 0 Å². The summed E-state index contributed by atoms with van der Waals surface area (Å²) in [6.45, 7) is 5.78. The smallest absolute Gasteiger partial charge is 0.0777 e. The Kier molecular flexibility index (Phi) is 2.35. The second-order valence-electron chi connectivity index (χ2n) is 3.56. The molecule has 0 fully saturated rings. The molecule has 0 radical (unpaired) electrons. The van der Waals surface area contributed by atoms with Crippen LogP contribution in [-0.2, 0) is 0 Å². The van der Waals surface area contributed by atoms with E-state index in [4.69, 9.17) is 0 Å². The molecule has 1 aliphatic carbocycles. The van der Waals surface area contributed by atoms with E-state index in [9.17, 15) is 10.2 Å². The van der Waals surface area contributed by atoms with E-state index in [1.807, 2.05) is 20.8 Å². The van der Waals surface area contributed by atoms with Gasteiger partial charge >= 0.3 is 0 Å². The van der Waals surface area contributed by atoms with Gasteiger partial charge in [0, 0.05) is 0 Å². The topological polar surface area (TPSA) is 40.5 Å². The Hall–Kier alpha value is -0.340. The summed E-state index contributed by atoms with van der Waals surface area (Å²) in [4.78, 5) is 0. The zero-order valence-electron chi connectivity index (χ0n) is 7.28. The van der Waals surface area contributed by atoms with Gasteiger partial charge in [0.05, 0.1) is 12.2 Å². The zero-order chi connectivity index (χ0) is 8.59. The fourth-order valence-electron chi connectivity index (χ4n) is 1.53. The van der Waals surface area contributed by atoms with E-state index >= 15 is 0 Å². The molecule has 0 aliphatic heterocycles. The molecule has 1 unspecified atom stereocenters. The Morgan fingerprint density at radius 1 is 1.18 bits per heavy atom. The second-order valence-corrected chi connectivity index (χ2v) is 3.56. The SMILES string of the molecule is CC1=C[C@H](O)[C@H](C)C(C)[C@@H]1O. The molecule has 0 saturated heterocycles. The predicted octanol–water partition coefficient (Wildman–Crippen LogP) is 0.940. The molecule has 2 nitrogen and oxygen atoms in total. The molecule has 4 atom stereocenters. The minimum Gasteiger partial charge on any atom is -0.389 e. The first kappa shape index (κ1) is 8.75. The highest BCUT2D eigenvalue weighted by molar-refractivity contribution is 5.14. The molecule has 1 aliphatic rings. The highest BCUT2D eigenvalue weighted by Gasteiger charge is 2.30. The summed E-state index contributed by atoms with van der Waals surface area (Å²) < 4.78 is 0. The van der Waals surface area contributed by atoms with Crippen molar-refractivity contribution >= 4 is 0 Å². The maximum absolute atomic E-state index is 9.56. The Bertz CT molecular complexity index is 174.